The molecule has 0 spiro atoms. The zero-order valence-corrected chi connectivity index (χ0v) is 20.3. The molecule has 0 bridgehead atoms. The van der Waals surface area contributed by atoms with Gasteiger partial charge in [0.25, 0.3) is 0 Å². The molecule has 8 atom stereocenters. The number of carbonyl (C=O) groups is 1. The van der Waals surface area contributed by atoms with Crippen molar-refractivity contribution in [2.24, 2.45) is 52.3 Å². The summed E-state index contributed by atoms with van der Waals surface area (Å²) in [6, 6.07) is 0. The molecule has 0 heterocycles. The van der Waals surface area contributed by atoms with Gasteiger partial charge in [0.1, 0.15) is 0 Å². The van der Waals surface area contributed by atoms with Crippen molar-refractivity contribution in [2.45, 2.75) is 105 Å². The zero-order chi connectivity index (χ0) is 21.7. The Balaban J connectivity index is 1.58. The molecule has 0 saturated heterocycles. The average Bonchev–Trinajstić information content (AvgIpc) is 3.05. The van der Waals surface area contributed by atoms with Crippen LogP contribution in [0, 0.1) is 52.3 Å². The van der Waals surface area contributed by atoms with E-state index in [1.165, 1.54) is 70.5 Å². The highest BCUT2D eigenvalue weighted by Crippen LogP contribution is 2.68. The summed E-state index contributed by atoms with van der Waals surface area (Å²) in [5.41, 5.74) is 1.32. The quantitative estimate of drug-likeness (QED) is 0.369. The smallest absolute Gasteiger partial charge is 0.165 e. The third-order valence-corrected chi connectivity index (χ3v) is 10.7. The van der Waals surface area contributed by atoms with Gasteiger partial charge >= 0.3 is 0 Å². The molecular formula is C28H46O2. The largest absolute Gasteiger partial charge is 0.515 e. The van der Waals surface area contributed by atoms with Crippen molar-refractivity contribution < 1.29 is 9.90 Å². The van der Waals surface area contributed by atoms with Crippen molar-refractivity contribution >= 4 is 5.78 Å². The monoisotopic (exact) mass is 414 g/mol. The van der Waals surface area contributed by atoms with Gasteiger partial charge in [-0.25, -0.2) is 0 Å². The predicted octanol–water partition coefficient (Wildman–Crippen LogP) is 7.73. The lowest BCUT2D eigenvalue weighted by atomic mass is 9.43. The number of rotatable bonds is 5. The molecule has 0 aromatic carbocycles. The molecule has 4 saturated carbocycles. The van der Waals surface area contributed by atoms with Gasteiger partial charge in [0, 0.05) is 11.5 Å². The first-order valence-corrected chi connectivity index (χ1v) is 13.1. The molecule has 1 N–H and O–H groups in total. The molecule has 170 valence electrons. The Morgan fingerprint density at radius 3 is 2.40 bits per heavy atom. The summed E-state index contributed by atoms with van der Waals surface area (Å²) in [6.07, 6.45) is 15.1. The Morgan fingerprint density at radius 1 is 0.967 bits per heavy atom. The fourth-order valence-electron chi connectivity index (χ4n) is 9.10. The second-order valence-electron chi connectivity index (χ2n) is 12.5. The minimum atomic E-state index is 0.161. The Bertz CT molecular complexity index is 678. The number of ketones is 1. The maximum absolute atomic E-state index is 13.8. The van der Waals surface area contributed by atoms with Crippen LogP contribution in [0.4, 0.5) is 0 Å². The molecule has 4 rings (SSSR count). The molecular weight excluding hydrogens is 368 g/mol. The summed E-state index contributed by atoms with van der Waals surface area (Å²) >= 11 is 0. The summed E-state index contributed by atoms with van der Waals surface area (Å²) in [5, 5.41) is 10.1. The highest BCUT2D eigenvalue weighted by molar-refractivity contribution is 5.99. The van der Waals surface area contributed by atoms with Crippen LogP contribution in [0.25, 0.3) is 0 Å². The number of aliphatic hydroxyl groups is 1. The van der Waals surface area contributed by atoms with Crippen LogP contribution in [0.5, 0.6) is 0 Å². The lowest BCUT2D eigenvalue weighted by Gasteiger charge is -2.60. The number of hydrogen-bond donors (Lipinski definition) is 1. The van der Waals surface area contributed by atoms with E-state index >= 15 is 0 Å². The number of hydrogen-bond acceptors (Lipinski definition) is 2. The van der Waals surface area contributed by atoms with Crippen LogP contribution < -0.4 is 0 Å². The van der Waals surface area contributed by atoms with E-state index in [2.05, 4.69) is 34.6 Å². The van der Waals surface area contributed by atoms with Crippen LogP contribution in [0.3, 0.4) is 0 Å². The van der Waals surface area contributed by atoms with Crippen LogP contribution in [0.2, 0.25) is 0 Å². The predicted molar refractivity (Wildman–Crippen MR) is 124 cm³/mol. The third-order valence-electron chi connectivity index (χ3n) is 10.7. The van der Waals surface area contributed by atoms with Crippen LogP contribution in [0.15, 0.2) is 11.8 Å². The van der Waals surface area contributed by atoms with Crippen molar-refractivity contribution in [3.63, 3.8) is 0 Å². The van der Waals surface area contributed by atoms with Crippen LogP contribution in [-0.2, 0) is 4.79 Å². The molecule has 4 aliphatic carbocycles. The standard InChI is InChI=1S/C28H46O2/c1-18(2)9-8-10-19(3)21-12-13-23-25-24(14-16-28(21,23)5)27(4)15-7-6-11-22(27)20(17-29)26(25)30/h17-19,21-25,29H,6-16H2,1-5H3/b20-17-. The van der Waals surface area contributed by atoms with Crippen molar-refractivity contribution in [1.29, 1.82) is 0 Å². The molecule has 2 nitrogen and oxygen atoms in total. The topological polar surface area (TPSA) is 37.3 Å². The normalized spacial score (nSPS) is 45.9. The minimum Gasteiger partial charge on any atom is -0.515 e. The van der Waals surface area contributed by atoms with Gasteiger partial charge in [-0.3, -0.25) is 4.79 Å². The van der Waals surface area contributed by atoms with E-state index in [0.717, 1.165) is 29.7 Å². The molecule has 0 aromatic rings. The molecule has 2 heteroatoms. The molecule has 30 heavy (non-hydrogen) atoms. The second kappa shape index (κ2) is 8.28. The fraction of sp³-hybridized carbons (Fsp3) is 0.893. The van der Waals surface area contributed by atoms with E-state index in [4.69, 9.17) is 0 Å². The van der Waals surface area contributed by atoms with E-state index in [0.29, 0.717) is 29.0 Å². The van der Waals surface area contributed by atoms with Gasteiger partial charge in [0.2, 0.25) is 0 Å². The minimum absolute atomic E-state index is 0.161. The number of fused-ring (bicyclic) bond motifs is 5. The van der Waals surface area contributed by atoms with E-state index in [1.807, 2.05) is 0 Å². The average molecular weight is 415 g/mol. The lowest BCUT2D eigenvalue weighted by Crippen LogP contribution is -2.57. The van der Waals surface area contributed by atoms with Crippen LogP contribution >= 0.6 is 0 Å². The van der Waals surface area contributed by atoms with Gasteiger partial charge in [-0.2, -0.15) is 0 Å². The van der Waals surface area contributed by atoms with Crippen molar-refractivity contribution in [3.8, 4) is 0 Å². The number of Topliss-reactive ketones (excluding diaryl/α,β-unsaturated/α-hetero) is 1. The number of allylic oxidation sites excluding steroid dienone is 1. The Hall–Kier alpha value is -0.790. The number of carbonyl (C=O) groups excluding carboxylic acids is 1. The van der Waals surface area contributed by atoms with E-state index in [9.17, 15) is 9.90 Å². The summed E-state index contributed by atoms with van der Waals surface area (Å²) < 4.78 is 0. The first-order valence-electron chi connectivity index (χ1n) is 13.1. The molecule has 0 aromatic heterocycles. The maximum atomic E-state index is 13.8. The molecule has 0 aliphatic heterocycles. The first kappa shape index (κ1) is 22.4. The highest BCUT2D eigenvalue weighted by atomic mass is 16.2. The van der Waals surface area contributed by atoms with Gasteiger partial charge < -0.3 is 5.11 Å². The summed E-state index contributed by atoms with van der Waals surface area (Å²) in [5.74, 6) is 4.17. The van der Waals surface area contributed by atoms with E-state index in [1.54, 1.807) is 0 Å². The second-order valence-corrected chi connectivity index (χ2v) is 12.5. The summed E-state index contributed by atoms with van der Waals surface area (Å²) in [7, 11) is 0. The highest BCUT2D eigenvalue weighted by Gasteiger charge is 2.63. The number of aliphatic hydroxyl groups excluding tert-OH is 1. The zero-order valence-electron chi connectivity index (χ0n) is 20.3. The molecule has 0 amide bonds. The molecule has 8 unspecified atom stereocenters. The van der Waals surface area contributed by atoms with Gasteiger partial charge in [0.15, 0.2) is 5.78 Å². The molecule has 4 fully saturated rings. The summed E-state index contributed by atoms with van der Waals surface area (Å²) in [4.78, 5) is 13.8. The fourth-order valence-corrected chi connectivity index (χ4v) is 9.10. The van der Waals surface area contributed by atoms with Gasteiger partial charge in [-0.1, -0.05) is 66.7 Å². The molecule has 4 aliphatic rings. The Kier molecular flexibility index (Phi) is 6.19. The van der Waals surface area contributed by atoms with Crippen LogP contribution in [0.1, 0.15) is 105 Å². The summed E-state index contributed by atoms with van der Waals surface area (Å²) in [6.45, 7) is 12.2. The van der Waals surface area contributed by atoms with Crippen molar-refractivity contribution in [2.75, 3.05) is 0 Å². The van der Waals surface area contributed by atoms with E-state index < -0.39 is 0 Å². The maximum Gasteiger partial charge on any atom is 0.165 e. The van der Waals surface area contributed by atoms with Crippen molar-refractivity contribution in [1.82, 2.24) is 0 Å². The van der Waals surface area contributed by atoms with Gasteiger partial charge in [-0.15, -0.1) is 0 Å². The third kappa shape index (κ3) is 3.39. The lowest BCUT2D eigenvalue weighted by molar-refractivity contribution is -0.147. The van der Waals surface area contributed by atoms with E-state index in [-0.39, 0.29) is 11.3 Å². The Labute approximate surface area is 185 Å². The molecule has 0 radical (unpaired) electrons. The Morgan fingerprint density at radius 2 is 1.70 bits per heavy atom. The SMILES string of the molecule is CC(C)CCCC(C)C1CCC2C3C(=O)/C(=C\O)C4CCCCC4(C)C3CCC12C. The van der Waals surface area contributed by atoms with Crippen molar-refractivity contribution in [3.05, 3.63) is 11.8 Å². The van der Waals surface area contributed by atoms with Gasteiger partial charge in [0.05, 0.1) is 6.26 Å². The first-order chi connectivity index (χ1) is 14.2. The van der Waals surface area contributed by atoms with Gasteiger partial charge in [-0.05, 0) is 84.9 Å². The van der Waals surface area contributed by atoms with Crippen LogP contribution in [-0.4, -0.2) is 10.9 Å².